The van der Waals surface area contributed by atoms with Gasteiger partial charge in [-0.05, 0) is 5.41 Å². The van der Waals surface area contributed by atoms with Crippen molar-refractivity contribution in [2.45, 2.75) is 51.5 Å². The van der Waals surface area contributed by atoms with Crippen molar-refractivity contribution in [2.75, 3.05) is 7.11 Å². The minimum absolute atomic E-state index is 0.336. The van der Waals surface area contributed by atoms with Crippen LogP contribution in [0.1, 0.15) is 20.8 Å². The first-order valence-corrected chi connectivity index (χ1v) is 5.01. The lowest BCUT2D eigenvalue weighted by atomic mass is 9.81. The first-order chi connectivity index (χ1) is 6.79. The number of ether oxygens (including phenoxy) is 2. The molecule has 5 heteroatoms. The van der Waals surface area contributed by atoms with E-state index in [9.17, 15) is 15.3 Å². The highest BCUT2D eigenvalue weighted by Gasteiger charge is 2.47. The van der Waals surface area contributed by atoms with Gasteiger partial charge in [-0.3, -0.25) is 0 Å². The van der Waals surface area contributed by atoms with Crippen LogP contribution in [-0.4, -0.2) is 53.1 Å². The summed E-state index contributed by atoms with van der Waals surface area (Å²) in [5.41, 5.74) is -0.336. The predicted octanol–water partition coefficient (Wildman–Crippen LogP) is -0.514. The first kappa shape index (κ1) is 12.9. The molecule has 0 aromatic rings. The Hall–Kier alpha value is -0.200. The quantitative estimate of drug-likeness (QED) is 0.554. The summed E-state index contributed by atoms with van der Waals surface area (Å²) in [5, 5.41) is 28.9. The lowest BCUT2D eigenvalue weighted by Crippen LogP contribution is -2.61. The molecule has 1 fully saturated rings. The molecular formula is C10H20O5. The van der Waals surface area contributed by atoms with Gasteiger partial charge in [0.2, 0.25) is 0 Å². The van der Waals surface area contributed by atoms with Gasteiger partial charge < -0.3 is 24.8 Å². The van der Waals surface area contributed by atoms with E-state index >= 15 is 0 Å². The normalized spacial score (nSPS) is 43.0. The highest BCUT2D eigenvalue weighted by Crippen LogP contribution is 2.32. The summed E-state index contributed by atoms with van der Waals surface area (Å²) >= 11 is 0. The molecule has 0 aliphatic carbocycles. The minimum Gasteiger partial charge on any atom is -0.388 e. The molecule has 0 saturated carbocycles. The van der Waals surface area contributed by atoms with Crippen LogP contribution < -0.4 is 0 Å². The second kappa shape index (κ2) is 4.35. The molecule has 0 aromatic heterocycles. The Labute approximate surface area is 89.6 Å². The third kappa shape index (κ3) is 2.49. The third-order valence-electron chi connectivity index (χ3n) is 2.66. The van der Waals surface area contributed by atoms with Crippen molar-refractivity contribution in [2.24, 2.45) is 5.41 Å². The number of hydrogen-bond donors (Lipinski definition) is 3. The number of hydrogen-bond acceptors (Lipinski definition) is 5. The maximum absolute atomic E-state index is 9.77. The number of aliphatic hydroxyl groups excluding tert-OH is 3. The summed E-state index contributed by atoms with van der Waals surface area (Å²) in [7, 11) is 1.39. The molecule has 1 aliphatic rings. The molecule has 90 valence electrons. The molecule has 0 radical (unpaired) electrons. The average Bonchev–Trinajstić information content (AvgIpc) is 2.13. The molecule has 1 aliphatic heterocycles. The van der Waals surface area contributed by atoms with Crippen molar-refractivity contribution < 1.29 is 24.8 Å². The minimum atomic E-state index is -1.24. The molecule has 5 nitrogen and oxygen atoms in total. The topological polar surface area (TPSA) is 79.2 Å². The molecule has 1 saturated heterocycles. The first-order valence-electron chi connectivity index (χ1n) is 5.01. The van der Waals surface area contributed by atoms with Gasteiger partial charge in [-0.2, -0.15) is 0 Å². The van der Waals surface area contributed by atoms with Crippen LogP contribution in [-0.2, 0) is 9.47 Å². The van der Waals surface area contributed by atoms with E-state index in [1.165, 1.54) is 7.11 Å². The van der Waals surface area contributed by atoms with Gasteiger partial charge in [-0.1, -0.05) is 20.8 Å². The van der Waals surface area contributed by atoms with Crippen molar-refractivity contribution in [3.63, 3.8) is 0 Å². The molecule has 0 spiro atoms. The fourth-order valence-electron chi connectivity index (χ4n) is 1.76. The van der Waals surface area contributed by atoms with Gasteiger partial charge in [0.05, 0.1) is 6.10 Å². The summed E-state index contributed by atoms with van der Waals surface area (Å²) < 4.78 is 10.3. The smallest absolute Gasteiger partial charge is 0.186 e. The highest BCUT2D eigenvalue weighted by atomic mass is 16.7. The summed E-state index contributed by atoms with van der Waals surface area (Å²) in [6, 6.07) is 0. The second-order valence-corrected chi connectivity index (χ2v) is 5.00. The van der Waals surface area contributed by atoms with E-state index in [0.717, 1.165) is 0 Å². The van der Waals surface area contributed by atoms with Crippen LogP contribution in [0.5, 0.6) is 0 Å². The van der Waals surface area contributed by atoms with Crippen molar-refractivity contribution in [1.82, 2.24) is 0 Å². The molecular weight excluding hydrogens is 200 g/mol. The zero-order chi connectivity index (χ0) is 11.8. The van der Waals surface area contributed by atoms with E-state index in [1.807, 2.05) is 20.8 Å². The van der Waals surface area contributed by atoms with Gasteiger partial charge in [0.1, 0.15) is 18.3 Å². The highest BCUT2D eigenvalue weighted by molar-refractivity contribution is 4.94. The molecule has 3 N–H and O–H groups in total. The summed E-state index contributed by atoms with van der Waals surface area (Å²) in [6.45, 7) is 5.66. The summed E-state index contributed by atoms with van der Waals surface area (Å²) in [5.74, 6) is 0. The van der Waals surface area contributed by atoms with Crippen LogP contribution in [0.25, 0.3) is 0 Å². The van der Waals surface area contributed by atoms with E-state index in [0.29, 0.717) is 0 Å². The van der Waals surface area contributed by atoms with Crippen LogP contribution in [0.2, 0.25) is 0 Å². The Morgan fingerprint density at radius 1 is 1.00 bits per heavy atom. The summed E-state index contributed by atoms with van der Waals surface area (Å²) in [4.78, 5) is 0. The lowest BCUT2D eigenvalue weighted by Gasteiger charge is -2.45. The van der Waals surface area contributed by atoms with Crippen LogP contribution in [0.4, 0.5) is 0 Å². The maximum atomic E-state index is 9.77. The zero-order valence-corrected chi connectivity index (χ0v) is 9.54. The Balaban J connectivity index is 2.83. The van der Waals surface area contributed by atoms with Crippen molar-refractivity contribution in [1.29, 1.82) is 0 Å². The Morgan fingerprint density at radius 3 is 1.93 bits per heavy atom. The predicted molar refractivity (Wildman–Crippen MR) is 53.1 cm³/mol. The number of rotatable bonds is 1. The lowest BCUT2D eigenvalue weighted by molar-refractivity contribution is -0.306. The number of methoxy groups -OCH3 is 1. The fourth-order valence-corrected chi connectivity index (χ4v) is 1.76. The molecule has 15 heavy (non-hydrogen) atoms. The maximum Gasteiger partial charge on any atom is 0.186 e. The van der Waals surface area contributed by atoms with Crippen molar-refractivity contribution in [3.05, 3.63) is 0 Å². The van der Waals surface area contributed by atoms with E-state index in [2.05, 4.69) is 0 Å². The third-order valence-corrected chi connectivity index (χ3v) is 2.66. The zero-order valence-electron chi connectivity index (χ0n) is 9.54. The van der Waals surface area contributed by atoms with E-state index < -0.39 is 30.7 Å². The van der Waals surface area contributed by atoms with Crippen LogP contribution in [0.15, 0.2) is 0 Å². The molecule has 5 unspecified atom stereocenters. The van der Waals surface area contributed by atoms with Gasteiger partial charge in [-0.25, -0.2) is 0 Å². The largest absolute Gasteiger partial charge is 0.388 e. The van der Waals surface area contributed by atoms with Gasteiger partial charge in [0.25, 0.3) is 0 Å². The van der Waals surface area contributed by atoms with Gasteiger partial charge in [-0.15, -0.1) is 0 Å². The fraction of sp³-hybridized carbons (Fsp3) is 1.00. The number of aliphatic hydroxyl groups is 3. The molecule has 5 atom stereocenters. The Kier molecular flexibility index (Phi) is 3.73. The van der Waals surface area contributed by atoms with Crippen molar-refractivity contribution in [3.8, 4) is 0 Å². The van der Waals surface area contributed by atoms with Crippen LogP contribution >= 0.6 is 0 Å². The van der Waals surface area contributed by atoms with Crippen molar-refractivity contribution >= 4 is 0 Å². The van der Waals surface area contributed by atoms with E-state index in [-0.39, 0.29) is 5.41 Å². The molecule has 1 heterocycles. The van der Waals surface area contributed by atoms with E-state index in [1.54, 1.807) is 0 Å². The Morgan fingerprint density at radius 2 is 1.53 bits per heavy atom. The molecule has 0 aromatic carbocycles. The van der Waals surface area contributed by atoms with Gasteiger partial charge in [0.15, 0.2) is 6.29 Å². The van der Waals surface area contributed by atoms with E-state index in [4.69, 9.17) is 9.47 Å². The molecule has 1 rings (SSSR count). The average molecular weight is 220 g/mol. The van der Waals surface area contributed by atoms with Gasteiger partial charge in [0, 0.05) is 7.11 Å². The standard InChI is InChI=1S/C10H20O5/c1-10(2,3)8-6(12)5(11)7(13)9(14-4)15-8/h5-9,11-13H,1-4H3. The van der Waals surface area contributed by atoms with Crippen LogP contribution in [0, 0.1) is 5.41 Å². The molecule has 0 amide bonds. The summed E-state index contributed by atoms with van der Waals surface area (Å²) in [6.07, 6.45) is -5.03. The Bertz CT molecular complexity index is 210. The SMILES string of the molecule is COC1OC(C(C)(C)C)C(O)C(O)C1O. The monoisotopic (exact) mass is 220 g/mol. The second-order valence-electron chi connectivity index (χ2n) is 5.00. The van der Waals surface area contributed by atoms with Crippen LogP contribution in [0.3, 0.4) is 0 Å². The van der Waals surface area contributed by atoms with Gasteiger partial charge >= 0.3 is 0 Å². The molecule has 0 bridgehead atoms.